The molecule has 2 saturated heterocycles. The van der Waals surface area contributed by atoms with E-state index < -0.39 is 10.2 Å². The fourth-order valence-electron chi connectivity index (χ4n) is 3.03. The second kappa shape index (κ2) is 7.04. The van der Waals surface area contributed by atoms with Crippen LogP contribution in [-0.2, 0) is 19.7 Å². The highest BCUT2D eigenvalue weighted by Crippen LogP contribution is 2.27. The van der Waals surface area contributed by atoms with Crippen LogP contribution in [-0.4, -0.2) is 67.0 Å². The van der Waals surface area contributed by atoms with Crippen molar-refractivity contribution in [1.82, 2.24) is 8.61 Å². The Hall–Kier alpha value is -0.700. The van der Waals surface area contributed by atoms with E-state index in [1.165, 1.54) is 8.61 Å². The van der Waals surface area contributed by atoms with Crippen LogP contribution in [0, 0.1) is 5.92 Å². The van der Waals surface area contributed by atoms with E-state index in [0.29, 0.717) is 45.5 Å². The SMILES string of the molecule is CCOC(=O)C1CCN(S(=O)(=O)N2CCC[C@@H]2CO)CC1. The van der Waals surface area contributed by atoms with Crippen molar-refractivity contribution >= 4 is 16.2 Å². The van der Waals surface area contributed by atoms with Crippen LogP contribution < -0.4 is 0 Å². The van der Waals surface area contributed by atoms with Crippen LogP contribution in [0.25, 0.3) is 0 Å². The Kier molecular flexibility index (Phi) is 5.59. The Morgan fingerprint density at radius 3 is 2.48 bits per heavy atom. The molecule has 0 radical (unpaired) electrons. The lowest BCUT2D eigenvalue weighted by atomic mass is 9.98. The number of carbonyl (C=O) groups is 1. The monoisotopic (exact) mass is 320 g/mol. The lowest BCUT2D eigenvalue weighted by Crippen LogP contribution is -2.50. The first-order valence-corrected chi connectivity index (χ1v) is 8.94. The lowest BCUT2D eigenvalue weighted by Gasteiger charge is -2.34. The largest absolute Gasteiger partial charge is 0.466 e. The zero-order valence-electron chi connectivity index (χ0n) is 12.4. The van der Waals surface area contributed by atoms with Crippen LogP contribution >= 0.6 is 0 Å². The van der Waals surface area contributed by atoms with Crippen molar-refractivity contribution in [2.75, 3.05) is 32.8 Å². The minimum absolute atomic E-state index is 0.140. The predicted molar refractivity (Wildman–Crippen MR) is 76.7 cm³/mol. The minimum Gasteiger partial charge on any atom is -0.466 e. The van der Waals surface area contributed by atoms with Crippen LogP contribution in [0.15, 0.2) is 0 Å². The topological polar surface area (TPSA) is 87.2 Å². The van der Waals surface area contributed by atoms with Gasteiger partial charge in [-0.1, -0.05) is 0 Å². The van der Waals surface area contributed by atoms with Gasteiger partial charge in [0.15, 0.2) is 0 Å². The summed E-state index contributed by atoms with van der Waals surface area (Å²) in [5.74, 6) is -0.437. The molecule has 2 fully saturated rings. The summed E-state index contributed by atoms with van der Waals surface area (Å²) < 4.78 is 33.0. The third kappa shape index (κ3) is 3.56. The molecule has 122 valence electrons. The maximum atomic E-state index is 12.6. The van der Waals surface area contributed by atoms with Crippen molar-refractivity contribution in [3.63, 3.8) is 0 Å². The molecule has 2 rings (SSSR count). The number of esters is 1. The Morgan fingerprint density at radius 2 is 1.90 bits per heavy atom. The van der Waals surface area contributed by atoms with Crippen LogP contribution in [0.4, 0.5) is 0 Å². The maximum absolute atomic E-state index is 12.6. The summed E-state index contributed by atoms with van der Waals surface area (Å²) in [6, 6.07) is -0.308. The normalized spacial score (nSPS) is 26.1. The maximum Gasteiger partial charge on any atom is 0.309 e. The first kappa shape index (κ1) is 16.7. The van der Waals surface area contributed by atoms with Gasteiger partial charge >= 0.3 is 5.97 Å². The Bertz CT molecular complexity index is 459. The number of carbonyl (C=O) groups excluding carboxylic acids is 1. The summed E-state index contributed by atoms with van der Waals surface area (Å²) in [4.78, 5) is 11.7. The van der Waals surface area contributed by atoms with E-state index in [2.05, 4.69) is 0 Å². The average molecular weight is 320 g/mol. The van der Waals surface area contributed by atoms with Gasteiger partial charge in [0.25, 0.3) is 10.2 Å². The number of hydrogen-bond acceptors (Lipinski definition) is 5. The number of aliphatic hydroxyl groups excluding tert-OH is 1. The molecule has 8 heteroatoms. The number of nitrogens with zero attached hydrogens (tertiary/aromatic N) is 2. The van der Waals surface area contributed by atoms with Gasteiger partial charge in [0.05, 0.1) is 19.1 Å². The summed E-state index contributed by atoms with van der Waals surface area (Å²) in [5.41, 5.74) is 0. The van der Waals surface area contributed by atoms with E-state index in [1.54, 1.807) is 6.92 Å². The third-order valence-electron chi connectivity index (χ3n) is 4.23. The molecule has 0 unspecified atom stereocenters. The average Bonchev–Trinajstić information content (AvgIpc) is 2.97. The molecule has 2 heterocycles. The smallest absolute Gasteiger partial charge is 0.309 e. The molecule has 0 spiro atoms. The molecule has 2 aliphatic heterocycles. The van der Waals surface area contributed by atoms with E-state index >= 15 is 0 Å². The van der Waals surface area contributed by atoms with Crippen molar-refractivity contribution in [3.05, 3.63) is 0 Å². The zero-order valence-corrected chi connectivity index (χ0v) is 13.2. The summed E-state index contributed by atoms with van der Waals surface area (Å²) in [6.07, 6.45) is 2.48. The zero-order chi connectivity index (χ0) is 15.5. The van der Waals surface area contributed by atoms with Crippen LogP contribution in [0.1, 0.15) is 32.6 Å². The van der Waals surface area contributed by atoms with Crippen molar-refractivity contribution in [1.29, 1.82) is 0 Å². The van der Waals surface area contributed by atoms with E-state index in [4.69, 9.17) is 4.74 Å². The molecule has 7 nitrogen and oxygen atoms in total. The Labute approximate surface area is 126 Å². The molecular formula is C13H24N2O5S. The van der Waals surface area contributed by atoms with Gasteiger partial charge in [0.2, 0.25) is 0 Å². The van der Waals surface area contributed by atoms with Crippen LogP contribution in [0.5, 0.6) is 0 Å². The van der Waals surface area contributed by atoms with Gasteiger partial charge in [-0.05, 0) is 32.6 Å². The van der Waals surface area contributed by atoms with Crippen molar-refractivity contribution in [2.45, 2.75) is 38.6 Å². The van der Waals surface area contributed by atoms with Gasteiger partial charge < -0.3 is 9.84 Å². The number of rotatable bonds is 5. The summed E-state index contributed by atoms with van der Waals surface area (Å²) >= 11 is 0. The molecule has 1 atom stereocenters. The summed E-state index contributed by atoms with van der Waals surface area (Å²) in [5, 5.41) is 9.29. The molecule has 0 aromatic rings. The summed E-state index contributed by atoms with van der Waals surface area (Å²) in [7, 11) is -3.53. The fourth-order valence-corrected chi connectivity index (χ4v) is 4.90. The molecule has 0 amide bonds. The van der Waals surface area contributed by atoms with Crippen LogP contribution in [0.2, 0.25) is 0 Å². The molecule has 0 aromatic carbocycles. The molecule has 0 aromatic heterocycles. The summed E-state index contributed by atoms with van der Waals surface area (Å²) in [6.45, 7) is 3.11. The molecule has 0 saturated carbocycles. The Balaban J connectivity index is 1.96. The van der Waals surface area contributed by atoms with Gasteiger partial charge in [-0.25, -0.2) is 0 Å². The molecule has 0 aliphatic carbocycles. The number of aliphatic hydroxyl groups is 1. The highest BCUT2D eigenvalue weighted by Gasteiger charge is 2.40. The first-order chi connectivity index (χ1) is 10.0. The second-order valence-electron chi connectivity index (χ2n) is 5.52. The van der Waals surface area contributed by atoms with Crippen molar-refractivity contribution in [2.24, 2.45) is 5.92 Å². The van der Waals surface area contributed by atoms with E-state index in [9.17, 15) is 18.3 Å². The highest BCUT2D eigenvalue weighted by atomic mass is 32.2. The van der Waals surface area contributed by atoms with Gasteiger partial charge in [0, 0.05) is 25.7 Å². The number of ether oxygens (including phenoxy) is 1. The quantitative estimate of drug-likeness (QED) is 0.719. The van der Waals surface area contributed by atoms with Gasteiger partial charge in [-0.2, -0.15) is 17.0 Å². The van der Waals surface area contributed by atoms with E-state index in [-0.39, 0.29) is 24.5 Å². The van der Waals surface area contributed by atoms with Gasteiger partial charge in [-0.15, -0.1) is 0 Å². The molecule has 1 N–H and O–H groups in total. The second-order valence-corrected chi connectivity index (χ2v) is 7.40. The van der Waals surface area contributed by atoms with Crippen LogP contribution in [0.3, 0.4) is 0 Å². The standard InChI is InChI=1S/C13H24N2O5S/c1-2-20-13(17)11-5-8-14(9-6-11)21(18,19)15-7-3-4-12(15)10-16/h11-12,16H,2-10H2,1H3/t12-/m1/s1. The van der Waals surface area contributed by atoms with Crippen molar-refractivity contribution < 1.29 is 23.1 Å². The van der Waals surface area contributed by atoms with Crippen molar-refractivity contribution in [3.8, 4) is 0 Å². The van der Waals surface area contributed by atoms with E-state index in [1.807, 2.05) is 0 Å². The van der Waals surface area contributed by atoms with Gasteiger partial charge in [0.1, 0.15) is 0 Å². The Morgan fingerprint density at radius 1 is 1.24 bits per heavy atom. The fraction of sp³-hybridized carbons (Fsp3) is 0.923. The minimum atomic E-state index is -3.53. The molecule has 21 heavy (non-hydrogen) atoms. The first-order valence-electron chi connectivity index (χ1n) is 7.55. The van der Waals surface area contributed by atoms with E-state index in [0.717, 1.165) is 6.42 Å². The van der Waals surface area contributed by atoms with Gasteiger partial charge in [-0.3, -0.25) is 4.79 Å². The number of piperidine rings is 1. The molecule has 0 bridgehead atoms. The lowest BCUT2D eigenvalue weighted by molar-refractivity contribution is -0.149. The highest BCUT2D eigenvalue weighted by molar-refractivity contribution is 7.86. The molecule has 2 aliphatic rings. The third-order valence-corrected chi connectivity index (χ3v) is 6.32. The number of hydrogen-bond donors (Lipinski definition) is 1. The predicted octanol–water partition coefficient (Wildman–Crippen LogP) is -0.0370. The molecular weight excluding hydrogens is 296 g/mol.